The van der Waals surface area contributed by atoms with E-state index in [1.165, 1.54) is 22.3 Å². The van der Waals surface area contributed by atoms with Crippen LogP contribution < -0.4 is 0 Å². The largest absolute Gasteiger partial charge is 0.481 e. The SMILES string of the molecule is Cc1cc2[nH]c(CCc3ccccc3)nc2c(CCCCC(=O)O)c1C. The van der Waals surface area contributed by atoms with Crippen molar-refractivity contribution in [2.24, 2.45) is 0 Å². The second-order valence-electron chi connectivity index (χ2n) is 6.96. The van der Waals surface area contributed by atoms with Crippen LogP contribution in [0, 0.1) is 13.8 Å². The van der Waals surface area contributed by atoms with Gasteiger partial charge in [-0.15, -0.1) is 0 Å². The lowest BCUT2D eigenvalue weighted by Gasteiger charge is -2.09. The number of nitrogens with zero attached hydrogens (tertiary/aromatic N) is 1. The van der Waals surface area contributed by atoms with Gasteiger partial charge in [0.1, 0.15) is 5.82 Å². The van der Waals surface area contributed by atoms with E-state index in [2.05, 4.69) is 49.2 Å². The maximum Gasteiger partial charge on any atom is 0.303 e. The Bertz CT molecular complexity index is 897. The average molecular weight is 350 g/mol. The first-order valence-corrected chi connectivity index (χ1v) is 9.28. The van der Waals surface area contributed by atoms with Crippen LogP contribution in [0.5, 0.6) is 0 Å². The molecule has 2 aromatic carbocycles. The Labute approximate surface area is 154 Å². The number of carbonyl (C=O) groups is 1. The summed E-state index contributed by atoms with van der Waals surface area (Å²) in [6.07, 6.45) is 4.53. The number of rotatable bonds is 8. The fraction of sp³-hybridized carbons (Fsp3) is 0.364. The summed E-state index contributed by atoms with van der Waals surface area (Å²) in [4.78, 5) is 19.1. The van der Waals surface area contributed by atoms with Crippen LogP contribution in [0.25, 0.3) is 11.0 Å². The number of unbranched alkanes of at least 4 members (excludes halogenated alkanes) is 1. The van der Waals surface area contributed by atoms with E-state index in [1.807, 2.05) is 6.07 Å². The summed E-state index contributed by atoms with van der Waals surface area (Å²) in [6.45, 7) is 4.26. The van der Waals surface area contributed by atoms with E-state index >= 15 is 0 Å². The third-order valence-electron chi connectivity index (χ3n) is 5.03. The molecule has 0 radical (unpaired) electrons. The molecular weight excluding hydrogens is 324 g/mol. The normalized spacial score (nSPS) is 11.2. The minimum Gasteiger partial charge on any atom is -0.481 e. The topological polar surface area (TPSA) is 66.0 Å². The summed E-state index contributed by atoms with van der Waals surface area (Å²) >= 11 is 0. The summed E-state index contributed by atoms with van der Waals surface area (Å²) in [7, 11) is 0. The zero-order valence-electron chi connectivity index (χ0n) is 15.5. The number of carboxylic acid groups (broad SMARTS) is 1. The molecule has 4 nitrogen and oxygen atoms in total. The molecule has 3 rings (SSSR count). The molecule has 1 aromatic heterocycles. The molecule has 136 valence electrons. The molecule has 0 aliphatic rings. The molecule has 4 heteroatoms. The van der Waals surface area contributed by atoms with Gasteiger partial charge in [0.2, 0.25) is 0 Å². The van der Waals surface area contributed by atoms with E-state index in [-0.39, 0.29) is 6.42 Å². The molecule has 2 N–H and O–H groups in total. The molecule has 0 aliphatic heterocycles. The van der Waals surface area contributed by atoms with Gasteiger partial charge in [0.25, 0.3) is 0 Å². The molecule has 3 aromatic rings. The molecule has 0 unspecified atom stereocenters. The van der Waals surface area contributed by atoms with Crippen molar-refractivity contribution in [1.29, 1.82) is 0 Å². The van der Waals surface area contributed by atoms with Gasteiger partial charge < -0.3 is 10.1 Å². The average Bonchev–Trinajstić information content (AvgIpc) is 3.03. The summed E-state index contributed by atoms with van der Waals surface area (Å²) in [5.74, 6) is 0.291. The van der Waals surface area contributed by atoms with Crippen LogP contribution in [0.3, 0.4) is 0 Å². The number of fused-ring (bicyclic) bond motifs is 1. The van der Waals surface area contributed by atoms with Gasteiger partial charge in [-0.05, 0) is 67.9 Å². The van der Waals surface area contributed by atoms with Crippen molar-refractivity contribution in [3.63, 3.8) is 0 Å². The molecule has 26 heavy (non-hydrogen) atoms. The number of hydrogen-bond donors (Lipinski definition) is 2. The van der Waals surface area contributed by atoms with Gasteiger partial charge in [-0.3, -0.25) is 4.79 Å². The number of aliphatic carboxylic acids is 1. The quantitative estimate of drug-likeness (QED) is 0.576. The van der Waals surface area contributed by atoms with Crippen LogP contribution in [0.4, 0.5) is 0 Å². The predicted molar refractivity (Wildman–Crippen MR) is 105 cm³/mol. The van der Waals surface area contributed by atoms with Crippen molar-refractivity contribution in [2.45, 2.75) is 52.4 Å². The van der Waals surface area contributed by atoms with E-state index in [0.717, 1.165) is 42.5 Å². The number of carboxylic acids is 1. The lowest BCUT2D eigenvalue weighted by molar-refractivity contribution is -0.137. The molecule has 1 heterocycles. The van der Waals surface area contributed by atoms with Crippen molar-refractivity contribution >= 4 is 17.0 Å². The molecule has 0 spiro atoms. The Morgan fingerprint density at radius 3 is 2.58 bits per heavy atom. The Balaban J connectivity index is 1.78. The highest BCUT2D eigenvalue weighted by molar-refractivity contribution is 5.81. The van der Waals surface area contributed by atoms with E-state index in [4.69, 9.17) is 10.1 Å². The van der Waals surface area contributed by atoms with Gasteiger partial charge in [-0.1, -0.05) is 30.3 Å². The lowest BCUT2D eigenvalue weighted by atomic mass is 9.97. The van der Waals surface area contributed by atoms with Crippen LogP contribution in [-0.4, -0.2) is 21.0 Å². The summed E-state index contributed by atoms with van der Waals surface area (Å²) in [6, 6.07) is 12.6. The van der Waals surface area contributed by atoms with E-state index in [9.17, 15) is 4.79 Å². The molecule has 0 atom stereocenters. The number of aryl methyl sites for hydroxylation is 4. The fourth-order valence-corrected chi connectivity index (χ4v) is 3.42. The minimum atomic E-state index is -0.723. The summed E-state index contributed by atoms with van der Waals surface area (Å²) in [5.41, 5.74) is 7.23. The second kappa shape index (κ2) is 8.17. The van der Waals surface area contributed by atoms with Gasteiger partial charge in [-0.25, -0.2) is 4.98 Å². The third-order valence-corrected chi connectivity index (χ3v) is 5.03. The second-order valence-corrected chi connectivity index (χ2v) is 6.96. The molecule has 0 fully saturated rings. The number of nitrogens with one attached hydrogen (secondary N) is 1. The summed E-state index contributed by atoms with van der Waals surface area (Å²) < 4.78 is 0. The van der Waals surface area contributed by atoms with Crippen molar-refractivity contribution in [3.8, 4) is 0 Å². The van der Waals surface area contributed by atoms with Gasteiger partial charge in [-0.2, -0.15) is 0 Å². The molecule has 0 aliphatic carbocycles. The fourth-order valence-electron chi connectivity index (χ4n) is 3.42. The monoisotopic (exact) mass is 350 g/mol. The number of hydrogen-bond acceptors (Lipinski definition) is 2. The van der Waals surface area contributed by atoms with Crippen LogP contribution in [0.15, 0.2) is 36.4 Å². The first kappa shape index (κ1) is 18.2. The van der Waals surface area contributed by atoms with Crippen molar-refractivity contribution < 1.29 is 9.90 Å². The maximum absolute atomic E-state index is 10.7. The molecule has 0 saturated heterocycles. The first-order valence-electron chi connectivity index (χ1n) is 9.28. The van der Waals surface area contributed by atoms with Crippen LogP contribution in [0.1, 0.15) is 47.3 Å². The number of H-pyrrole nitrogens is 1. The first-order chi connectivity index (χ1) is 12.5. The molecule has 0 saturated carbocycles. The standard InChI is InChI=1S/C22H26N2O2/c1-15-14-19-22(18(16(15)2)10-6-7-11-21(25)26)24-20(23-19)13-12-17-8-4-3-5-9-17/h3-5,8-9,14H,6-7,10-13H2,1-2H3,(H,23,24)(H,25,26). The molecule has 0 bridgehead atoms. The van der Waals surface area contributed by atoms with E-state index < -0.39 is 5.97 Å². The summed E-state index contributed by atoms with van der Waals surface area (Å²) in [5, 5.41) is 8.82. The van der Waals surface area contributed by atoms with Crippen molar-refractivity contribution in [2.75, 3.05) is 0 Å². The lowest BCUT2D eigenvalue weighted by Crippen LogP contribution is -1.98. The van der Waals surface area contributed by atoms with Crippen LogP contribution in [0.2, 0.25) is 0 Å². The van der Waals surface area contributed by atoms with E-state index in [1.54, 1.807) is 0 Å². The van der Waals surface area contributed by atoms with Crippen molar-refractivity contribution in [1.82, 2.24) is 9.97 Å². The Kier molecular flexibility index (Phi) is 5.71. The number of aromatic amines is 1. The van der Waals surface area contributed by atoms with Crippen LogP contribution in [-0.2, 0) is 24.1 Å². The molecular formula is C22H26N2O2. The highest BCUT2D eigenvalue weighted by Gasteiger charge is 2.13. The zero-order chi connectivity index (χ0) is 18.5. The van der Waals surface area contributed by atoms with Gasteiger partial charge in [0.15, 0.2) is 0 Å². The predicted octanol–water partition coefficient (Wildman–Crippen LogP) is 4.76. The van der Waals surface area contributed by atoms with E-state index in [0.29, 0.717) is 6.42 Å². The smallest absolute Gasteiger partial charge is 0.303 e. The Morgan fingerprint density at radius 2 is 1.85 bits per heavy atom. The van der Waals surface area contributed by atoms with Crippen LogP contribution >= 0.6 is 0 Å². The highest BCUT2D eigenvalue weighted by Crippen LogP contribution is 2.26. The van der Waals surface area contributed by atoms with Gasteiger partial charge in [0.05, 0.1) is 11.0 Å². The maximum atomic E-state index is 10.7. The van der Waals surface area contributed by atoms with Gasteiger partial charge >= 0.3 is 5.97 Å². The highest BCUT2D eigenvalue weighted by atomic mass is 16.4. The number of benzene rings is 2. The third kappa shape index (κ3) is 4.31. The van der Waals surface area contributed by atoms with Crippen molar-refractivity contribution in [3.05, 3.63) is 64.5 Å². The van der Waals surface area contributed by atoms with Gasteiger partial charge in [0, 0.05) is 12.8 Å². The minimum absolute atomic E-state index is 0.233. The number of imidazole rings is 1. The molecule has 0 amide bonds. The zero-order valence-corrected chi connectivity index (χ0v) is 15.5. The Hall–Kier alpha value is -2.62. The number of aromatic nitrogens is 2. The Morgan fingerprint density at radius 1 is 1.08 bits per heavy atom.